The van der Waals surface area contributed by atoms with Gasteiger partial charge in [-0.2, -0.15) is 0 Å². The zero-order valence-corrected chi connectivity index (χ0v) is 6.97. The van der Waals surface area contributed by atoms with Crippen molar-refractivity contribution in [3.05, 3.63) is 22.8 Å². The molecule has 3 nitrogen and oxygen atoms in total. The Morgan fingerprint density at radius 2 is 2.18 bits per heavy atom. The summed E-state index contributed by atoms with van der Waals surface area (Å²) < 4.78 is 0. The molecule has 0 aliphatic carbocycles. The molecule has 0 radical (unpaired) electrons. The van der Waals surface area contributed by atoms with Crippen LogP contribution in [0.15, 0.2) is 12.1 Å². The molecule has 11 heavy (non-hydrogen) atoms. The Kier molecular flexibility index (Phi) is 2.31. The van der Waals surface area contributed by atoms with Crippen LogP contribution in [0.25, 0.3) is 0 Å². The molecule has 0 spiro atoms. The van der Waals surface area contributed by atoms with Gasteiger partial charge in [0.25, 0.3) is 0 Å². The number of nitrogen functional groups attached to an aromatic ring is 1. The lowest BCUT2D eigenvalue weighted by molar-refractivity contribution is 0.816. The van der Waals surface area contributed by atoms with Gasteiger partial charge in [-0.15, -0.1) is 0 Å². The van der Waals surface area contributed by atoms with Gasteiger partial charge in [0, 0.05) is 11.6 Å². The molecule has 4 heteroatoms. The van der Waals surface area contributed by atoms with E-state index in [0.29, 0.717) is 11.0 Å². The van der Waals surface area contributed by atoms with Gasteiger partial charge in [0.05, 0.1) is 0 Å². The zero-order valence-electron chi connectivity index (χ0n) is 6.21. The molecule has 60 valence electrons. The van der Waals surface area contributed by atoms with Crippen LogP contribution in [-0.4, -0.2) is 4.98 Å². The van der Waals surface area contributed by atoms with Crippen molar-refractivity contribution in [3.8, 4) is 0 Å². The molecule has 0 saturated carbocycles. The molecule has 1 aromatic rings. The number of anilines is 1. The summed E-state index contributed by atoms with van der Waals surface area (Å²) in [6.07, 6.45) is 0. The maximum absolute atomic E-state index is 5.60. The zero-order chi connectivity index (χ0) is 8.43. The van der Waals surface area contributed by atoms with Crippen LogP contribution in [0.1, 0.15) is 18.5 Å². The predicted octanol–water partition coefficient (Wildman–Crippen LogP) is 1.34. The third-order valence-corrected chi connectivity index (χ3v) is 1.62. The van der Waals surface area contributed by atoms with Crippen molar-refractivity contribution in [1.29, 1.82) is 0 Å². The van der Waals surface area contributed by atoms with Gasteiger partial charge in [-0.1, -0.05) is 17.7 Å². The lowest BCUT2D eigenvalue weighted by Gasteiger charge is -2.07. The first kappa shape index (κ1) is 8.30. The summed E-state index contributed by atoms with van der Waals surface area (Å²) >= 11 is 5.59. The highest BCUT2D eigenvalue weighted by atomic mass is 35.5. The number of hydrogen-bond donors (Lipinski definition) is 2. The minimum Gasteiger partial charge on any atom is -0.383 e. The summed E-state index contributed by atoms with van der Waals surface area (Å²) in [5, 5.41) is 0.395. The first-order chi connectivity index (χ1) is 5.11. The van der Waals surface area contributed by atoms with Gasteiger partial charge in [-0.05, 0) is 13.0 Å². The molecule has 0 amide bonds. The number of hydrogen-bond acceptors (Lipinski definition) is 3. The smallest absolute Gasteiger partial charge is 0.131 e. The van der Waals surface area contributed by atoms with Crippen LogP contribution in [0.4, 0.5) is 5.82 Å². The molecule has 1 aromatic heterocycles. The van der Waals surface area contributed by atoms with Gasteiger partial charge in [0.15, 0.2) is 0 Å². The summed E-state index contributed by atoms with van der Waals surface area (Å²) in [6, 6.07) is 3.37. The van der Waals surface area contributed by atoms with Crippen molar-refractivity contribution in [2.45, 2.75) is 13.0 Å². The Morgan fingerprint density at radius 3 is 2.64 bits per heavy atom. The van der Waals surface area contributed by atoms with E-state index >= 15 is 0 Å². The maximum Gasteiger partial charge on any atom is 0.131 e. The van der Waals surface area contributed by atoms with Crippen molar-refractivity contribution in [3.63, 3.8) is 0 Å². The van der Waals surface area contributed by atoms with Crippen LogP contribution < -0.4 is 11.5 Å². The third-order valence-electron chi connectivity index (χ3n) is 1.41. The van der Waals surface area contributed by atoms with Crippen LogP contribution in [-0.2, 0) is 0 Å². The fourth-order valence-corrected chi connectivity index (χ4v) is 1.000. The summed E-state index contributed by atoms with van der Waals surface area (Å²) in [5.41, 5.74) is 12.0. The second-order valence-electron chi connectivity index (χ2n) is 2.40. The molecule has 1 heterocycles. The number of aromatic nitrogens is 1. The van der Waals surface area contributed by atoms with Crippen LogP contribution in [0.3, 0.4) is 0 Å². The number of pyridine rings is 1. The Bertz CT molecular complexity index is 260. The third kappa shape index (κ3) is 1.82. The second-order valence-corrected chi connectivity index (χ2v) is 2.78. The van der Waals surface area contributed by atoms with Crippen LogP contribution in [0, 0.1) is 0 Å². The van der Waals surface area contributed by atoms with Crippen LogP contribution >= 0.6 is 11.6 Å². The monoisotopic (exact) mass is 171 g/mol. The quantitative estimate of drug-likeness (QED) is 0.627. The lowest BCUT2D eigenvalue weighted by atomic mass is 10.1. The fourth-order valence-electron chi connectivity index (χ4n) is 0.846. The Balaban J connectivity index is 3.09. The van der Waals surface area contributed by atoms with Crippen LogP contribution in [0.5, 0.6) is 0 Å². The minimum atomic E-state index is -0.0974. The lowest BCUT2D eigenvalue weighted by Crippen LogP contribution is -2.09. The highest BCUT2D eigenvalue weighted by Gasteiger charge is 2.04. The van der Waals surface area contributed by atoms with Gasteiger partial charge in [-0.25, -0.2) is 4.98 Å². The molecule has 0 aliphatic rings. The summed E-state index contributed by atoms with van der Waals surface area (Å²) in [4.78, 5) is 3.86. The molecule has 1 rings (SSSR count). The number of nitrogens with zero attached hydrogens (tertiary/aromatic N) is 1. The number of halogens is 1. The molecule has 0 aromatic carbocycles. The predicted molar refractivity (Wildman–Crippen MR) is 46.3 cm³/mol. The SMILES string of the molecule is CC(N)c1ccc(Cl)nc1N. The molecular weight excluding hydrogens is 162 g/mol. The molecule has 1 unspecified atom stereocenters. The van der Waals surface area contributed by atoms with E-state index in [0.717, 1.165) is 5.56 Å². The first-order valence-corrected chi connectivity index (χ1v) is 3.66. The van der Waals surface area contributed by atoms with E-state index in [2.05, 4.69) is 4.98 Å². The maximum atomic E-state index is 5.60. The highest BCUT2D eigenvalue weighted by molar-refractivity contribution is 6.29. The van der Waals surface area contributed by atoms with E-state index in [1.807, 2.05) is 6.92 Å². The van der Waals surface area contributed by atoms with E-state index in [1.165, 1.54) is 0 Å². The van der Waals surface area contributed by atoms with Gasteiger partial charge in [0.1, 0.15) is 11.0 Å². The van der Waals surface area contributed by atoms with Gasteiger partial charge in [-0.3, -0.25) is 0 Å². The van der Waals surface area contributed by atoms with E-state index in [4.69, 9.17) is 23.1 Å². The van der Waals surface area contributed by atoms with Gasteiger partial charge in [0.2, 0.25) is 0 Å². The van der Waals surface area contributed by atoms with Crippen molar-refractivity contribution >= 4 is 17.4 Å². The molecule has 4 N–H and O–H groups in total. The van der Waals surface area contributed by atoms with Crippen molar-refractivity contribution in [2.24, 2.45) is 5.73 Å². The Labute approximate surface area is 70.4 Å². The number of nitrogens with two attached hydrogens (primary N) is 2. The molecule has 0 fully saturated rings. The topological polar surface area (TPSA) is 64.9 Å². The first-order valence-electron chi connectivity index (χ1n) is 3.28. The average Bonchev–Trinajstić information content (AvgIpc) is 1.85. The van der Waals surface area contributed by atoms with Crippen molar-refractivity contribution in [1.82, 2.24) is 4.98 Å². The van der Waals surface area contributed by atoms with E-state index < -0.39 is 0 Å². The van der Waals surface area contributed by atoms with Crippen molar-refractivity contribution < 1.29 is 0 Å². The van der Waals surface area contributed by atoms with Crippen molar-refractivity contribution in [2.75, 3.05) is 5.73 Å². The highest BCUT2D eigenvalue weighted by Crippen LogP contribution is 2.18. The molecule has 1 atom stereocenters. The second kappa shape index (κ2) is 3.07. The normalized spacial score (nSPS) is 13.0. The molecule has 0 saturated heterocycles. The van der Waals surface area contributed by atoms with Gasteiger partial charge < -0.3 is 11.5 Å². The van der Waals surface area contributed by atoms with Crippen LogP contribution in [0.2, 0.25) is 5.15 Å². The van der Waals surface area contributed by atoms with Gasteiger partial charge >= 0.3 is 0 Å². The molecular formula is C7H10ClN3. The molecule has 0 bridgehead atoms. The number of rotatable bonds is 1. The fraction of sp³-hybridized carbons (Fsp3) is 0.286. The van der Waals surface area contributed by atoms with E-state index in [1.54, 1.807) is 12.1 Å². The summed E-state index contributed by atoms with van der Waals surface area (Å²) in [5.74, 6) is 0.410. The Hall–Kier alpha value is -0.800. The summed E-state index contributed by atoms with van der Waals surface area (Å²) in [6.45, 7) is 1.85. The Morgan fingerprint density at radius 1 is 1.55 bits per heavy atom. The van der Waals surface area contributed by atoms with E-state index in [9.17, 15) is 0 Å². The minimum absolute atomic E-state index is 0.0974. The summed E-state index contributed by atoms with van der Waals surface area (Å²) in [7, 11) is 0. The molecule has 0 aliphatic heterocycles. The average molecular weight is 172 g/mol. The van der Waals surface area contributed by atoms with E-state index in [-0.39, 0.29) is 6.04 Å². The standard InChI is InChI=1S/C7H10ClN3/c1-4(9)5-2-3-6(8)11-7(5)10/h2-4H,9H2,1H3,(H2,10,11). The largest absolute Gasteiger partial charge is 0.383 e.